The minimum atomic E-state index is -1.18. The molecule has 1 unspecified atom stereocenters. The summed E-state index contributed by atoms with van der Waals surface area (Å²) in [4.78, 5) is 31.4. The van der Waals surface area contributed by atoms with Crippen molar-refractivity contribution >= 4 is 28.6 Å². The maximum Gasteiger partial charge on any atom is 0.277 e. The van der Waals surface area contributed by atoms with Gasteiger partial charge in [0.15, 0.2) is 0 Å². The van der Waals surface area contributed by atoms with E-state index in [1.54, 1.807) is 13.0 Å². The van der Waals surface area contributed by atoms with Gasteiger partial charge in [0.1, 0.15) is 10.9 Å². The number of carbonyl (C=O) groups is 1. The summed E-state index contributed by atoms with van der Waals surface area (Å²) in [6.45, 7) is 4.26. The van der Waals surface area contributed by atoms with Crippen LogP contribution in [0.3, 0.4) is 0 Å². The summed E-state index contributed by atoms with van der Waals surface area (Å²) in [5.41, 5.74) is 3.76. The largest absolute Gasteiger partial charge is 0.593 e. The van der Waals surface area contributed by atoms with E-state index in [2.05, 4.69) is 14.8 Å². The third-order valence-corrected chi connectivity index (χ3v) is 7.92. The average Bonchev–Trinajstić information content (AvgIpc) is 3.57. The molecule has 1 saturated carbocycles. The second kappa shape index (κ2) is 8.29. The molecule has 3 heterocycles. The van der Waals surface area contributed by atoms with E-state index in [-0.39, 0.29) is 22.8 Å². The van der Waals surface area contributed by atoms with Crippen LogP contribution in [0.5, 0.6) is 0 Å². The molecule has 1 amide bonds. The van der Waals surface area contributed by atoms with Gasteiger partial charge in [0.25, 0.3) is 11.5 Å². The average molecular weight is 454 g/mol. The summed E-state index contributed by atoms with van der Waals surface area (Å²) in [7, 11) is 0. The number of aromatic amines is 1. The monoisotopic (exact) mass is 453 g/mol. The second-order valence-electron chi connectivity index (χ2n) is 8.70. The van der Waals surface area contributed by atoms with Crippen molar-refractivity contribution in [1.29, 1.82) is 0 Å². The van der Waals surface area contributed by atoms with Crippen molar-refractivity contribution in [2.45, 2.75) is 57.2 Å². The van der Waals surface area contributed by atoms with Gasteiger partial charge in [0, 0.05) is 36.7 Å². The number of anilines is 1. The Morgan fingerprint density at radius 3 is 2.78 bits per heavy atom. The number of rotatable bonds is 5. The maximum atomic E-state index is 13.6. The number of amides is 1. The Bertz CT molecular complexity index is 1230. The number of hydrogen-bond acceptors (Lipinski definition) is 5. The number of carbonyl (C=O) groups excluding carboxylic acids is 1. The first-order valence-electron chi connectivity index (χ1n) is 11.1. The minimum Gasteiger partial charge on any atom is -0.593 e. The van der Waals surface area contributed by atoms with Crippen molar-refractivity contribution in [3.8, 4) is 0 Å². The first-order valence-corrected chi connectivity index (χ1v) is 12.3. The normalized spacial score (nSPS) is 19.8. The molecule has 2 aliphatic rings. The van der Waals surface area contributed by atoms with Crippen molar-refractivity contribution in [2.24, 2.45) is 0 Å². The molecule has 2 fully saturated rings. The third-order valence-electron chi connectivity index (χ3n) is 6.42. The highest BCUT2D eigenvalue weighted by Crippen LogP contribution is 2.34. The molecule has 5 rings (SSSR count). The van der Waals surface area contributed by atoms with Crippen molar-refractivity contribution < 1.29 is 9.35 Å². The van der Waals surface area contributed by atoms with Gasteiger partial charge in [-0.3, -0.25) is 9.59 Å². The molecule has 168 valence electrons. The summed E-state index contributed by atoms with van der Waals surface area (Å²) < 4.78 is 16.9. The number of likely N-dealkylation sites (tertiary alicyclic amines) is 1. The highest BCUT2D eigenvalue weighted by molar-refractivity contribution is 7.93. The fourth-order valence-electron chi connectivity index (χ4n) is 4.28. The summed E-state index contributed by atoms with van der Waals surface area (Å²) in [5.74, 6) is -0.110. The summed E-state index contributed by atoms with van der Waals surface area (Å²) >= 11 is -1.18. The highest BCUT2D eigenvalue weighted by Gasteiger charge is 2.37. The van der Waals surface area contributed by atoms with Crippen LogP contribution in [-0.2, 0) is 11.4 Å². The summed E-state index contributed by atoms with van der Waals surface area (Å²) in [6.07, 6.45) is 4.59. The number of aromatic nitrogens is 3. The van der Waals surface area contributed by atoms with Crippen LogP contribution in [0, 0.1) is 13.8 Å². The molecule has 2 N–H and O–H groups in total. The number of piperidine rings is 1. The van der Waals surface area contributed by atoms with E-state index in [4.69, 9.17) is 0 Å². The molecule has 1 aromatic carbocycles. The van der Waals surface area contributed by atoms with Crippen LogP contribution < -0.4 is 10.3 Å². The van der Waals surface area contributed by atoms with E-state index in [0.29, 0.717) is 34.7 Å². The molecular weight excluding hydrogens is 426 g/mol. The standard InChI is InChI=1S/C23H27N5O3S/c1-14-15(2)24-21-13-19(25-28(21)22(14)29)20-9-5-6-12-27(20)23(30)17-7-3-4-8-18(17)26-32(31)16-10-11-16/h3-4,7-8,13,16,20,24,26H,5-6,9-12H2,1-2H3/t20-,32?/m0/s1. The lowest BCUT2D eigenvalue weighted by atomic mass is 9.98. The number of hydrogen-bond donors (Lipinski definition) is 2. The fourth-order valence-corrected chi connectivity index (χ4v) is 5.41. The molecule has 1 aliphatic carbocycles. The number of nitrogens with one attached hydrogen (secondary N) is 2. The predicted molar refractivity (Wildman–Crippen MR) is 124 cm³/mol. The summed E-state index contributed by atoms with van der Waals surface area (Å²) in [6, 6.07) is 8.91. The molecule has 0 radical (unpaired) electrons. The Balaban J connectivity index is 1.48. The number of para-hydroxylation sites is 1. The van der Waals surface area contributed by atoms with Gasteiger partial charge in [0.2, 0.25) is 0 Å². The van der Waals surface area contributed by atoms with E-state index >= 15 is 0 Å². The fraction of sp³-hybridized carbons (Fsp3) is 0.435. The first-order chi connectivity index (χ1) is 15.4. The molecule has 9 heteroatoms. The van der Waals surface area contributed by atoms with Crippen molar-refractivity contribution in [3.63, 3.8) is 0 Å². The van der Waals surface area contributed by atoms with Gasteiger partial charge in [-0.1, -0.05) is 12.1 Å². The van der Waals surface area contributed by atoms with Gasteiger partial charge in [-0.2, -0.15) is 9.61 Å². The van der Waals surface area contributed by atoms with Crippen molar-refractivity contribution in [2.75, 3.05) is 11.3 Å². The molecular formula is C23H27N5O3S. The van der Waals surface area contributed by atoms with Crippen LogP contribution in [-0.4, -0.2) is 41.8 Å². The topological polar surface area (TPSA) is 106 Å². The smallest absolute Gasteiger partial charge is 0.277 e. The van der Waals surface area contributed by atoms with Gasteiger partial charge in [0.05, 0.1) is 34.3 Å². The predicted octanol–water partition coefficient (Wildman–Crippen LogP) is 3.24. The number of fused-ring (bicyclic) bond motifs is 1. The Labute approximate surface area is 189 Å². The number of H-pyrrole nitrogens is 1. The molecule has 8 nitrogen and oxygen atoms in total. The van der Waals surface area contributed by atoms with Crippen LogP contribution in [0.25, 0.3) is 5.65 Å². The zero-order valence-electron chi connectivity index (χ0n) is 18.3. The zero-order chi connectivity index (χ0) is 22.4. The minimum absolute atomic E-state index is 0.110. The van der Waals surface area contributed by atoms with E-state index in [0.717, 1.165) is 37.8 Å². The van der Waals surface area contributed by atoms with Gasteiger partial charge in [-0.05, 0) is 45.2 Å². The lowest BCUT2D eigenvalue weighted by Gasteiger charge is -2.35. The number of aryl methyl sites for hydroxylation is 1. The number of benzene rings is 1. The van der Waals surface area contributed by atoms with Crippen LogP contribution in [0.4, 0.5) is 5.69 Å². The summed E-state index contributed by atoms with van der Waals surface area (Å²) in [5, 5.41) is 4.75. The second-order valence-corrected chi connectivity index (χ2v) is 10.2. The van der Waals surface area contributed by atoms with Crippen LogP contribution in [0.15, 0.2) is 35.1 Å². The lowest BCUT2D eigenvalue weighted by Crippen LogP contribution is -2.39. The van der Waals surface area contributed by atoms with E-state index < -0.39 is 11.4 Å². The highest BCUT2D eigenvalue weighted by atomic mass is 32.2. The molecule has 3 aromatic rings. The molecule has 32 heavy (non-hydrogen) atoms. The third kappa shape index (κ3) is 3.80. The van der Waals surface area contributed by atoms with Gasteiger partial charge in [-0.25, -0.2) is 4.72 Å². The molecule has 0 spiro atoms. The Hall–Kier alpha value is -2.78. The molecule has 0 bridgehead atoms. The van der Waals surface area contributed by atoms with Gasteiger partial charge in [-0.15, -0.1) is 0 Å². The Morgan fingerprint density at radius 1 is 1.22 bits per heavy atom. The molecule has 2 atom stereocenters. The first kappa shape index (κ1) is 21.1. The lowest BCUT2D eigenvalue weighted by molar-refractivity contribution is 0.0607. The zero-order valence-corrected chi connectivity index (χ0v) is 19.1. The van der Waals surface area contributed by atoms with Crippen molar-refractivity contribution in [3.05, 3.63) is 63.2 Å². The van der Waals surface area contributed by atoms with Gasteiger partial charge < -0.3 is 14.4 Å². The van der Waals surface area contributed by atoms with E-state index in [1.165, 1.54) is 4.52 Å². The molecule has 2 aromatic heterocycles. The SMILES string of the molecule is Cc1[nH]c2cc([C@@H]3CCCCN3C(=O)c3ccccc3N[S+]([O-])C3CC3)nn2c(=O)c1C. The van der Waals surface area contributed by atoms with E-state index in [9.17, 15) is 14.1 Å². The Morgan fingerprint density at radius 2 is 2.00 bits per heavy atom. The van der Waals surface area contributed by atoms with Crippen molar-refractivity contribution in [1.82, 2.24) is 19.5 Å². The quantitative estimate of drug-likeness (QED) is 0.577. The van der Waals surface area contributed by atoms with Gasteiger partial charge >= 0.3 is 0 Å². The molecule has 1 aliphatic heterocycles. The number of nitrogens with zero attached hydrogens (tertiary/aromatic N) is 3. The van der Waals surface area contributed by atoms with Crippen LogP contribution in [0.2, 0.25) is 0 Å². The molecule has 1 saturated heterocycles. The van der Waals surface area contributed by atoms with Crippen LogP contribution >= 0.6 is 0 Å². The van der Waals surface area contributed by atoms with E-state index in [1.807, 2.05) is 36.1 Å². The van der Waals surface area contributed by atoms with Crippen LogP contribution in [0.1, 0.15) is 65.5 Å². The Kier molecular flexibility index (Phi) is 5.46. The maximum absolute atomic E-state index is 13.6.